The number of benzene rings is 1. The monoisotopic (exact) mass is 331 g/mol. The molecule has 0 bridgehead atoms. The average Bonchev–Trinajstić information content (AvgIpc) is 2.95. The van der Waals surface area contributed by atoms with Gasteiger partial charge < -0.3 is 9.64 Å². The lowest BCUT2D eigenvalue weighted by Gasteiger charge is -2.38. The van der Waals surface area contributed by atoms with Crippen molar-refractivity contribution in [3.05, 3.63) is 47.0 Å². The number of amides is 2. The topological polar surface area (TPSA) is 71.5 Å². The van der Waals surface area contributed by atoms with E-state index < -0.39 is 12.1 Å². The molecule has 1 fully saturated rings. The van der Waals surface area contributed by atoms with E-state index in [2.05, 4.69) is 10.3 Å². The summed E-state index contributed by atoms with van der Waals surface area (Å²) in [4.78, 5) is 31.3. The Labute approximate surface area is 138 Å². The summed E-state index contributed by atoms with van der Waals surface area (Å²) in [5.41, 5.74) is 0.860. The number of hydrogen-bond acceptors (Lipinski definition) is 5. The first-order valence-corrected chi connectivity index (χ1v) is 8.03. The van der Waals surface area contributed by atoms with Crippen molar-refractivity contribution in [3.63, 3.8) is 0 Å². The van der Waals surface area contributed by atoms with Crippen LogP contribution in [0, 0.1) is 6.92 Å². The fourth-order valence-electron chi connectivity index (χ4n) is 2.57. The molecule has 0 unspecified atom stereocenters. The Balaban J connectivity index is 1.85. The van der Waals surface area contributed by atoms with E-state index >= 15 is 0 Å². The number of aromatic nitrogens is 1. The largest absolute Gasteiger partial charge is 0.356 e. The number of likely N-dealkylation sites (N-methyl/N-ethyl adjacent to an activating group) is 1. The van der Waals surface area contributed by atoms with Crippen molar-refractivity contribution < 1.29 is 14.3 Å². The first-order valence-electron chi connectivity index (χ1n) is 7.22. The van der Waals surface area contributed by atoms with Gasteiger partial charge in [-0.05, 0) is 12.5 Å². The van der Waals surface area contributed by atoms with Gasteiger partial charge in [0, 0.05) is 18.1 Å². The molecule has 1 saturated heterocycles. The fraction of sp³-hybridized carbons (Fsp3) is 0.312. The van der Waals surface area contributed by atoms with Crippen LogP contribution in [0.4, 0.5) is 5.13 Å². The van der Waals surface area contributed by atoms with Crippen molar-refractivity contribution in [1.82, 2.24) is 9.88 Å². The first kappa shape index (κ1) is 15.6. The van der Waals surface area contributed by atoms with Crippen molar-refractivity contribution in [3.8, 4) is 0 Å². The minimum absolute atomic E-state index is 0.102. The van der Waals surface area contributed by atoms with Crippen LogP contribution in [-0.2, 0) is 14.3 Å². The second-order valence-electron chi connectivity index (χ2n) is 5.36. The van der Waals surface area contributed by atoms with Crippen LogP contribution in [0.15, 0.2) is 36.5 Å². The Bertz CT molecular complexity index is 716. The molecular weight excluding hydrogens is 314 g/mol. The van der Waals surface area contributed by atoms with Crippen LogP contribution in [0.3, 0.4) is 0 Å². The second-order valence-corrected chi connectivity index (χ2v) is 6.59. The van der Waals surface area contributed by atoms with E-state index in [1.165, 1.54) is 11.3 Å². The number of nitrogens with zero attached hydrogens (tertiary/aromatic N) is 2. The molecule has 1 aliphatic heterocycles. The number of morpholine rings is 1. The zero-order chi connectivity index (χ0) is 16.4. The van der Waals surface area contributed by atoms with Gasteiger partial charge in [-0.25, -0.2) is 4.98 Å². The number of hydrogen-bond donors (Lipinski definition) is 1. The Morgan fingerprint density at radius 3 is 2.78 bits per heavy atom. The molecule has 6 nitrogen and oxygen atoms in total. The fourth-order valence-corrected chi connectivity index (χ4v) is 3.24. The lowest BCUT2D eigenvalue weighted by atomic mass is 9.98. The lowest BCUT2D eigenvalue weighted by Crippen LogP contribution is -2.51. The number of carbonyl (C=O) groups is 2. The third kappa shape index (κ3) is 3.25. The molecule has 1 aromatic carbocycles. The number of carbonyl (C=O) groups excluding carboxylic acids is 2. The summed E-state index contributed by atoms with van der Waals surface area (Å²) in [5.74, 6) is -0.444. The standard InChI is InChI=1S/C16H17N3O3S/c1-10-8-17-16(23-10)18-15(21)14-13(11-6-4-3-5-7-11)19(2)12(20)9-22-14/h3-8,13-14H,9H2,1-2H3,(H,17,18,21)/t13-,14+/m0/s1. The number of nitrogens with one attached hydrogen (secondary N) is 1. The molecule has 0 aliphatic carbocycles. The molecule has 0 spiro atoms. The van der Waals surface area contributed by atoms with Gasteiger partial charge in [-0.2, -0.15) is 0 Å². The molecule has 1 N–H and O–H groups in total. The number of anilines is 1. The highest BCUT2D eigenvalue weighted by atomic mass is 32.1. The summed E-state index contributed by atoms with van der Waals surface area (Å²) in [6.07, 6.45) is 0.927. The van der Waals surface area contributed by atoms with Gasteiger partial charge in [-0.3, -0.25) is 14.9 Å². The molecule has 2 amide bonds. The molecule has 3 rings (SSSR count). The van der Waals surface area contributed by atoms with Crippen molar-refractivity contribution in [2.75, 3.05) is 19.0 Å². The van der Waals surface area contributed by atoms with E-state index in [-0.39, 0.29) is 18.4 Å². The van der Waals surface area contributed by atoms with Gasteiger partial charge in [0.2, 0.25) is 5.91 Å². The Kier molecular flexibility index (Phi) is 4.40. The molecule has 2 heterocycles. The van der Waals surface area contributed by atoms with Gasteiger partial charge >= 0.3 is 0 Å². The van der Waals surface area contributed by atoms with Crippen LogP contribution in [0.2, 0.25) is 0 Å². The average molecular weight is 331 g/mol. The van der Waals surface area contributed by atoms with Crippen LogP contribution < -0.4 is 5.32 Å². The lowest BCUT2D eigenvalue weighted by molar-refractivity contribution is -0.160. The summed E-state index contributed by atoms with van der Waals surface area (Å²) in [6, 6.07) is 8.96. The van der Waals surface area contributed by atoms with E-state index in [0.717, 1.165) is 10.4 Å². The van der Waals surface area contributed by atoms with Crippen molar-refractivity contribution in [2.24, 2.45) is 0 Å². The first-order chi connectivity index (χ1) is 11.1. The molecular formula is C16H17N3O3S. The zero-order valence-electron chi connectivity index (χ0n) is 12.9. The van der Waals surface area contributed by atoms with Crippen LogP contribution in [0.5, 0.6) is 0 Å². The van der Waals surface area contributed by atoms with Crippen molar-refractivity contribution in [1.29, 1.82) is 0 Å². The van der Waals surface area contributed by atoms with Crippen molar-refractivity contribution >= 4 is 28.3 Å². The summed E-state index contributed by atoms with van der Waals surface area (Å²) in [5, 5.41) is 3.30. The normalized spacial score (nSPS) is 21.3. The molecule has 120 valence electrons. The highest BCUT2D eigenvalue weighted by Gasteiger charge is 2.40. The number of aryl methyl sites for hydroxylation is 1. The minimum Gasteiger partial charge on any atom is -0.356 e. The zero-order valence-corrected chi connectivity index (χ0v) is 13.7. The number of ether oxygens (including phenoxy) is 1. The molecule has 1 aliphatic rings. The second kappa shape index (κ2) is 6.47. The van der Waals surface area contributed by atoms with E-state index in [4.69, 9.17) is 4.74 Å². The maximum atomic E-state index is 12.6. The van der Waals surface area contributed by atoms with Gasteiger partial charge in [-0.1, -0.05) is 30.3 Å². The van der Waals surface area contributed by atoms with Gasteiger partial charge in [0.15, 0.2) is 11.2 Å². The predicted molar refractivity (Wildman–Crippen MR) is 87.2 cm³/mol. The van der Waals surface area contributed by atoms with Gasteiger partial charge in [0.1, 0.15) is 6.61 Å². The molecule has 0 saturated carbocycles. The Hall–Kier alpha value is -2.25. The number of thiazole rings is 1. The van der Waals surface area contributed by atoms with E-state index in [1.807, 2.05) is 37.3 Å². The van der Waals surface area contributed by atoms with Crippen LogP contribution in [0.1, 0.15) is 16.5 Å². The SMILES string of the molecule is Cc1cnc(NC(=O)[C@@H]2OCC(=O)N(C)[C@H]2c2ccccc2)s1. The number of rotatable bonds is 3. The quantitative estimate of drug-likeness (QED) is 0.934. The highest BCUT2D eigenvalue weighted by molar-refractivity contribution is 7.15. The van der Waals surface area contributed by atoms with Crippen LogP contribution in [-0.4, -0.2) is 41.5 Å². The molecule has 7 heteroatoms. The van der Waals surface area contributed by atoms with Crippen LogP contribution in [0.25, 0.3) is 0 Å². The Morgan fingerprint density at radius 2 is 2.13 bits per heavy atom. The molecule has 2 atom stereocenters. The maximum absolute atomic E-state index is 12.6. The summed E-state index contributed by atoms with van der Waals surface area (Å²) in [7, 11) is 1.69. The molecule has 23 heavy (non-hydrogen) atoms. The predicted octanol–water partition coefficient (Wildman–Crippen LogP) is 1.99. The van der Waals surface area contributed by atoms with E-state index in [9.17, 15) is 9.59 Å². The van der Waals surface area contributed by atoms with E-state index in [1.54, 1.807) is 18.1 Å². The van der Waals surface area contributed by atoms with Gasteiger partial charge in [0.05, 0.1) is 6.04 Å². The summed E-state index contributed by atoms with van der Waals surface area (Å²) >= 11 is 1.40. The van der Waals surface area contributed by atoms with Crippen LogP contribution >= 0.6 is 11.3 Å². The maximum Gasteiger partial charge on any atom is 0.257 e. The minimum atomic E-state index is -0.774. The molecule has 0 radical (unpaired) electrons. The van der Waals surface area contributed by atoms with Crippen molar-refractivity contribution in [2.45, 2.75) is 19.1 Å². The Morgan fingerprint density at radius 1 is 1.39 bits per heavy atom. The van der Waals surface area contributed by atoms with E-state index in [0.29, 0.717) is 5.13 Å². The summed E-state index contributed by atoms with van der Waals surface area (Å²) in [6.45, 7) is 1.82. The third-order valence-corrected chi connectivity index (χ3v) is 4.56. The van der Waals surface area contributed by atoms with Gasteiger partial charge in [0.25, 0.3) is 5.91 Å². The molecule has 1 aromatic heterocycles. The summed E-state index contributed by atoms with van der Waals surface area (Å²) < 4.78 is 5.54. The smallest absolute Gasteiger partial charge is 0.257 e. The molecule has 2 aromatic rings. The highest BCUT2D eigenvalue weighted by Crippen LogP contribution is 2.30. The third-order valence-electron chi connectivity index (χ3n) is 3.73. The van der Waals surface area contributed by atoms with Gasteiger partial charge in [-0.15, -0.1) is 11.3 Å².